The molecule has 0 aliphatic heterocycles. The van der Waals surface area contributed by atoms with Crippen molar-refractivity contribution in [3.05, 3.63) is 71.8 Å². The molecule has 2 aromatic carbocycles. The smallest absolute Gasteiger partial charge is 0.252 e. The summed E-state index contributed by atoms with van der Waals surface area (Å²) in [6, 6.07) is 11.0. The number of methoxy groups -OCH3 is 2. The van der Waals surface area contributed by atoms with E-state index in [2.05, 4.69) is 10.3 Å². The van der Waals surface area contributed by atoms with E-state index in [4.69, 9.17) is 9.47 Å². The quantitative estimate of drug-likeness (QED) is 0.555. The van der Waals surface area contributed by atoms with Crippen LogP contribution >= 0.6 is 0 Å². The third-order valence-electron chi connectivity index (χ3n) is 5.03. The number of aryl methyl sites for hydroxylation is 1. The van der Waals surface area contributed by atoms with Crippen molar-refractivity contribution < 1.29 is 22.7 Å². The minimum atomic E-state index is -3.82. The molecule has 0 aliphatic carbocycles. The number of ether oxygens (including phenoxy) is 2. The van der Waals surface area contributed by atoms with Gasteiger partial charge in [-0.15, -0.1) is 0 Å². The first-order valence-electron chi connectivity index (χ1n) is 9.71. The summed E-state index contributed by atoms with van der Waals surface area (Å²) in [4.78, 5) is 17.5. The van der Waals surface area contributed by atoms with Crippen molar-refractivity contribution in [1.82, 2.24) is 19.2 Å². The molecule has 0 radical (unpaired) electrons. The van der Waals surface area contributed by atoms with Crippen LogP contribution in [0.2, 0.25) is 0 Å². The largest absolute Gasteiger partial charge is 0.497 e. The average Bonchev–Trinajstić information content (AvgIpc) is 3.22. The Kier molecular flexibility index (Phi) is 6.85. The number of hydrogen-bond acceptors (Lipinski definition) is 6. The first kappa shape index (κ1) is 23.3. The third-order valence-corrected chi connectivity index (χ3v) is 6.86. The molecule has 0 unspecified atom stereocenters. The van der Waals surface area contributed by atoms with E-state index in [0.717, 1.165) is 9.87 Å². The highest BCUT2D eigenvalue weighted by Crippen LogP contribution is 2.28. The number of benzene rings is 2. The van der Waals surface area contributed by atoms with Gasteiger partial charge in [0.15, 0.2) is 0 Å². The first-order valence-corrected chi connectivity index (χ1v) is 11.2. The van der Waals surface area contributed by atoms with Gasteiger partial charge in [0.25, 0.3) is 5.91 Å². The van der Waals surface area contributed by atoms with Gasteiger partial charge < -0.3 is 19.4 Å². The zero-order valence-electron chi connectivity index (χ0n) is 18.6. The van der Waals surface area contributed by atoms with Crippen LogP contribution in [0.15, 0.2) is 59.8 Å². The van der Waals surface area contributed by atoms with E-state index in [1.165, 1.54) is 39.4 Å². The van der Waals surface area contributed by atoms with Crippen molar-refractivity contribution in [2.24, 2.45) is 7.05 Å². The predicted molar refractivity (Wildman–Crippen MR) is 119 cm³/mol. The Morgan fingerprint density at radius 3 is 2.31 bits per heavy atom. The Labute approximate surface area is 187 Å². The normalized spacial score (nSPS) is 12.4. The van der Waals surface area contributed by atoms with Crippen LogP contribution in [-0.4, -0.2) is 56.5 Å². The van der Waals surface area contributed by atoms with Crippen LogP contribution in [0.25, 0.3) is 0 Å². The summed E-state index contributed by atoms with van der Waals surface area (Å²) >= 11 is 0. The van der Waals surface area contributed by atoms with E-state index in [1.54, 1.807) is 31.6 Å². The van der Waals surface area contributed by atoms with Gasteiger partial charge in [0.05, 0.1) is 14.2 Å². The molecule has 1 aromatic heterocycles. The number of aromatic nitrogens is 2. The maximum atomic E-state index is 13.2. The molecule has 0 bridgehead atoms. The van der Waals surface area contributed by atoms with E-state index in [-0.39, 0.29) is 16.2 Å². The molecule has 0 spiro atoms. The van der Waals surface area contributed by atoms with Crippen molar-refractivity contribution in [1.29, 1.82) is 0 Å². The van der Waals surface area contributed by atoms with E-state index >= 15 is 0 Å². The lowest BCUT2D eigenvalue weighted by atomic mass is 10.0. The van der Waals surface area contributed by atoms with Crippen LogP contribution in [0.4, 0.5) is 0 Å². The van der Waals surface area contributed by atoms with Gasteiger partial charge in [-0.3, -0.25) is 4.79 Å². The van der Waals surface area contributed by atoms with Gasteiger partial charge in [-0.1, -0.05) is 12.1 Å². The molecule has 9 nitrogen and oxygen atoms in total. The fourth-order valence-corrected chi connectivity index (χ4v) is 4.25. The maximum absolute atomic E-state index is 13.2. The van der Waals surface area contributed by atoms with Gasteiger partial charge in [-0.2, -0.15) is 0 Å². The van der Waals surface area contributed by atoms with Crippen molar-refractivity contribution in [3.8, 4) is 11.5 Å². The second-order valence-corrected chi connectivity index (χ2v) is 9.35. The van der Waals surface area contributed by atoms with Crippen LogP contribution in [0.5, 0.6) is 11.5 Å². The topological polar surface area (TPSA) is 103 Å². The first-order chi connectivity index (χ1) is 15.2. The third kappa shape index (κ3) is 4.61. The number of nitrogens with one attached hydrogen (secondary N) is 1. The predicted octanol–water partition coefficient (Wildman–Crippen LogP) is 2.21. The molecule has 0 saturated carbocycles. The fourth-order valence-electron chi connectivity index (χ4n) is 3.18. The number of sulfonamides is 1. The highest BCUT2D eigenvalue weighted by molar-refractivity contribution is 7.89. The minimum Gasteiger partial charge on any atom is -0.497 e. The SMILES string of the molecule is COc1ccc([C@H](NC(=O)c2ccc(OC)c(S(=O)(=O)N(C)C)c2)c2nccn2C)cc1. The molecule has 1 N–H and O–H groups in total. The van der Waals surface area contributed by atoms with E-state index in [0.29, 0.717) is 11.6 Å². The Balaban J connectivity index is 2.00. The summed E-state index contributed by atoms with van der Waals surface area (Å²) in [5.41, 5.74) is 0.974. The summed E-state index contributed by atoms with van der Waals surface area (Å²) in [5.74, 6) is 1.02. The van der Waals surface area contributed by atoms with E-state index in [1.807, 2.05) is 23.7 Å². The van der Waals surface area contributed by atoms with E-state index < -0.39 is 22.0 Å². The summed E-state index contributed by atoms with van der Waals surface area (Å²) < 4.78 is 38.7. The Morgan fingerprint density at radius 1 is 1.09 bits per heavy atom. The molecule has 1 atom stereocenters. The maximum Gasteiger partial charge on any atom is 0.252 e. The molecule has 0 aliphatic rings. The molecular weight excluding hydrogens is 432 g/mol. The fraction of sp³-hybridized carbons (Fsp3) is 0.273. The monoisotopic (exact) mass is 458 g/mol. The molecule has 1 amide bonds. The molecule has 0 fully saturated rings. The Bertz CT molecular complexity index is 1200. The Hall–Kier alpha value is -3.37. The molecule has 10 heteroatoms. The van der Waals surface area contributed by atoms with Crippen molar-refractivity contribution in [2.75, 3.05) is 28.3 Å². The van der Waals surface area contributed by atoms with Gasteiger partial charge >= 0.3 is 0 Å². The number of carbonyl (C=O) groups excluding carboxylic acids is 1. The van der Waals surface area contributed by atoms with Gasteiger partial charge in [-0.05, 0) is 35.9 Å². The number of nitrogens with zero attached hydrogens (tertiary/aromatic N) is 3. The van der Waals surface area contributed by atoms with Crippen LogP contribution in [0, 0.1) is 0 Å². The van der Waals surface area contributed by atoms with Gasteiger partial charge in [0.1, 0.15) is 28.3 Å². The standard InChI is InChI=1S/C22H26N4O5S/c1-25(2)32(28,29)19-14-16(8-11-18(19)31-5)22(27)24-20(21-23-12-13-26(21)3)15-6-9-17(30-4)10-7-15/h6-14,20H,1-5H3,(H,24,27)/t20-/m0/s1. The lowest BCUT2D eigenvalue weighted by molar-refractivity contribution is 0.0941. The molecule has 3 rings (SSSR count). The highest BCUT2D eigenvalue weighted by Gasteiger charge is 2.26. The van der Waals surface area contributed by atoms with Crippen LogP contribution < -0.4 is 14.8 Å². The molecule has 32 heavy (non-hydrogen) atoms. The van der Waals surface area contributed by atoms with E-state index in [9.17, 15) is 13.2 Å². The molecule has 170 valence electrons. The van der Waals surface area contributed by atoms with Crippen LogP contribution in [0.1, 0.15) is 27.8 Å². The van der Waals surface area contributed by atoms with Crippen LogP contribution in [-0.2, 0) is 17.1 Å². The summed E-state index contributed by atoms with van der Waals surface area (Å²) in [5, 5.41) is 2.96. The van der Waals surface area contributed by atoms with Crippen LogP contribution in [0.3, 0.4) is 0 Å². The molecule has 0 saturated heterocycles. The van der Waals surface area contributed by atoms with Crippen molar-refractivity contribution in [2.45, 2.75) is 10.9 Å². The van der Waals surface area contributed by atoms with Crippen molar-refractivity contribution >= 4 is 15.9 Å². The second kappa shape index (κ2) is 9.41. The molecule has 1 heterocycles. The van der Waals surface area contributed by atoms with Gasteiger partial charge in [-0.25, -0.2) is 17.7 Å². The number of imidazole rings is 1. The summed E-state index contributed by atoms with van der Waals surface area (Å²) in [6.45, 7) is 0. The number of rotatable bonds is 8. The average molecular weight is 459 g/mol. The number of carbonyl (C=O) groups is 1. The molecular formula is C22H26N4O5S. The number of hydrogen-bond donors (Lipinski definition) is 1. The zero-order valence-corrected chi connectivity index (χ0v) is 19.4. The highest BCUT2D eigenvalue weighted by atomic mass is 32.2. The second-order valence-electron chi connectivity index (χ2n) is 7.23. The lowest BCUT2D eigenvalue weighted by Crippen LogP contribution is -2.31. The van der Waals surface area contributed by atoms with Gasteiger partial charge in [0, 0.05) is 39.1 Å². The van der Waals surface area contributed by atoms with Crippen molar-refractivity contribution in [3.63, 3.8) is 0 Å². The number of amides is 1. The van der Waals surface area contributed by atoms with Gasteiger partial charge in [0.2, 0.25) is 10.0 Å². The molecule has 3 aromatic rings. The Morgan fingerprint density at radius 2 is 1.78 bits per heavy atom. The summed E-state index contributed by atoms with van der Waals surface area (Å²) in [7, 11) is 3.81. The lowest BCUT2D eigenvalue weighted by Gasteiger charge is -2.20. The summed E-state index contributed by atoms with van der Waals surface area (Å²) in [6.07, 6.45) is 3.43. The zero-order chi connectivity index (χ0) is 23.5. The minimum absolute atomic E-state index is 0.0874.